The van der Waals surface area contributed by atoms with Gasteiger partial charge in [-0.1, -0.05) is 0 Å². The van der Waals surface area contributed by atoms with Gasteiger partial charge in [-0.3, -0.25) is 4.79 Å². The van der Waals surface area contributed by atoms with E-state index in [9.17, 15) is 4.79 Å². The minimum atomic E-state index is -0.275. The van der Waals surface area contributed by atoms with Gasteiger partial charge in [-0.25, -0.2) is 0 Å². The number of carbonyl (C=O) groups is 1. The van der Waals surface area contributed by atoms with Gasteiger partial charge in [-0.05, 0) is 42.5 Å². The molecule has 98 valence electrons. The average molecular weight is 257 g/mol. The topological polar surface area (TPSA) is 90.4 Å². The third-order valence-electron chi connectivity index (χ3n) is 2.67. The highest BCUT2D eigenvalue weighted by Crippen LogP contribution is 2.19. The molecule has 19 heavy (non-hydrogen) atoms. The van der Waals surface area contributed by atoms with Crippen LogP contribution in [0.15, 0.2) is 42.5 Å². The van der Waals surface area contributed by atoms with Gasteiger partial charge in [0.1, 0.15) is 5.75 Å². The SMILES string of the molecule is COc1ccc(NC(=O)c2ccc(N)cc2N)cc1. The number of rotatable bonds is 3. The van der Waals surface area contributed by atoms with Crippen molar-refractivity contribution in [1.82, 2.24) is 0 Å². The van der Waals surface area contributed by atoms with E-state index in [1.54, 1.807) is 49.6 Å². The highest BCUT2D eigenvalue weighted by atomic mass is 16.5. The summed E-state index contributed by atoms with van der Waals surface area (Å²) < 4.78 is 5.04. The second-order valence-corrected chi connectivity index (χ2v) is 4.03. The fraction of sp³-hybridized carbons (Fsp3) is 0.0714. The molecule has 2 aromatic carbocycles. The lowest BCUT2D eigenvalue weighted by molar-refractivity contribution is 0.102. The Kier molecular flexibility index (Phi) is 3.56. The smallest absolute Gasteiger partial charge is 0.257 e. The van der Waals surface area contributed by atoms with Crippen molar-refractivity contribution in [3.05, 3.63) is 48.0 Å². The summed E-state index contributed by atoms with van der Waals surface area (Å²) in [5, 5.41) is 2.75. The summed E-state index contributed by atoms with van der Waals surface area (Å²) in [4.78, 5) is 12.0. The van der Waals surface area contributed by atoms with Crippen molar-refractivity contribution in [2.45, 2.75) is 0 Å². The lowest BCUT2D eigenvalue weighted by Gasteiger charge is -2.08. The Morgan fingerprint density at radius 2 is 1.79 bits per heavy atom. The first-order valence-electron chi connectivity index (χ1n) is 5.70. The molecule has 0 spiro atoms. The molecule has 2 rings (SSSR count). The highest BCUT2D eigenvalue weighted by Gasteiger charge is 2.10. The first kappa shape index (κ1) is 12.8. The van der Waals surface area contributed by atoms with Crippen molar-refractivity contribution in [2.75, 3.05) is 23.9 Å². The molecule has 0 atom stereocenters. The molecule has 0 aromatic heterocycles. The van der Waals surface area contributed by atoms with Crippen molar-refractivity contribution in [3.63, 3.8) is 0 Å². The molecule has 0 saturated carbocycles. The average Bonchev–Trinajstić information content (AvgIpc) is 2.39. The summed E-state index contributed by atoms with van der Waals surface area (Å²) in [5.74, 6) is 0.452. The molecule has 0 fully saturated rings. The normalized spacial score (nSPS) is 9.95. The molecule has 0 radical (unpaired) electrons. The largest absolute Gasteiger partial charge is 0.497 e. The molecule has 0 aliphatic rings. The predicted octanol–water partition coefficient (Wildman–Crippen LogP) is 2.11. The summed E-state index contributed by atoms with van der Waals surface area (Å²) in [6, 6.07) is 11.8. The van der Waals surface area contributed by atoms with Gasteiger partial charge in [0.15, 0.2) is 0 Å². The summed E-state index contributed by atoms with van der Waals surface area (Å²) in [7, 11) is 1.59. The van der Waals surface area contributed by atoms with Gasteiger partial charge in [0.05, 0.1) is 12.7 Å². The van der Waals surface area contributed by atoms with Crippen molar-refractivity contribution in [2.24, 2.45) is 0 Å². The Morgan fingerprint density at radius 1 is 1.11 bits per heavy atom. The van der Waals surface area contributed by atoms with Crippen molar-refractivity contribution in [1.29, 1.82) is 0 Å². The zero-order chi connectivity index (χ0) is 13.8. The second-order valence-electron chi connectivity index (χ2n) is 4.03. The van der Waals surface area contributed by atoms with Gasteiger partial charge in [-0.15, -0.1) is 0 Å². The number of benzene rings is 2. The van der Waals surface area contributed by atoms with E-state index in [0.717, 1.165) is 5.75 Å². The minimum Gasteiger partial charge on any atom is -0.497 e. The van der Waals surface area contributed by atoms with Crippen LogP contribution in [-0.2, 0) is 0 Å². The number of nitrogens with two attached hydrogens (primary N) is 2. The molecule has 0 saturated heterocycles. The molecule has 5 heteroatoms. The third-order valence-corrected chi connectivity index (χ3v) is 2.67. The van der Waals surface area contributed by atoms with Crippen LogP contribution in [0.25, 0.3) is 0 Å². The van der Waals surface area contributed by atoms with Gasteiger partial charge in [0.2, 0.25) is 0 Å². The summed E-state index contributed by atoms with van der Waals surface area (Å²) in [6.45, 7) is 0. The molecule has 0 aliphatic heterocycles. The molecule has 2 aromatic rings. The van der Waals surface area contributed by atoms with Crippen LogP contribution in [0.3, 0.4) is 0 Å². The molecule has 1 amide bonds. The van der Waals surface area contributed by atoms with E-state index in [2.05, 4.69) is 5.32 Å². The fourth-order valence-electron chi connectivity index (χ4n) is 1.66. The van der Waals surface area contributed by atoms with Crippen LogP contribution in [0.5, 0.6) is 5.75 Å². The Bertz CT molecular complexity index is 594. The lowest BCUT2D eigenvalue weighted by Crippen LogP contribution is -2.14. The number of carbonyl (C=O) groups excluding carboxylic acids is 1. The van der Waals surface area contributed by atoms with E-state index in [0.29, 0.717) is 22.6 Å². The van der Waals surface area contributed by atoms with Crippen LogP contribution in [0.2, 0.25) is 0 Å². The molecular formula is C14H15N3O2. The zero-order valence-electron chi connectivity index (χ0n) is 10.5. The first-order chi connectivity index (χ1) is 9.10. The molecule has 5 N–H and O–H groups in total. The number of hydrogen-bond donors (Lipinski definition) is 3. The van der Waals surface area contributed by atoms with Crippen LogP contribution < -0.4 is 21.5 Å². The Hall–Kier alpha value is -2.69. The van der Waals surface area contributed by atoms with Gasteiger partial charge in [-0.2, -0.15) is 0 Å². The first-order valence-corrected chi connectivity index (χ1v) is 5.70. The van der Waals surface area contributed by atoms with E-state index in [1.807, 2.05) is 0 Å². The van der Waals surface area contributed by atoms with Crippen LogP contribution in [-0.4, -0.2) is 13.0 Å². The van der Waals surface area contributed by atoms with E-state index in [1.165, 1.54) is 0 Å². The number of nitrogens with one attached hydrogen (secondary N) is 1. The minimum absolute atomic E-state index is 0.275. The lowest BCUT2D eigenvalue weighted by atomic mass is 10.1. The predicted molar refractivity (Wildman–Crippen MR) is 76.2 cm³/mol. The highest BCUT2D eigenvalue weighted by molar-refractivity contribution is 6.08. The maximum atomic E-state index is 12.0. The van der Waals surface area contributed by atoms with Crippen molar-refractivity contribution < 1.29 is 9.53 Å². The summed E-state index contributed by atoms with van der Waals surface area (Å²) in [6.07, 6.45) is 0. The fourth-order valence-corrected chi connectivity index (χ4v) is 1.66. The Labute approximate surface area is 111 Å². The monoisotopic (exact) mass is 257 g/mol. The molecule has 0 aliphatic carbocycles. The van der Waals surface area contributed by atoms with Crippen LogP contribution in [0.4, 0.5) is 17.1 Å². The number of hydrogen-bond acceptors (Lipinski definition) is 4. The van der Waals surface area contributed by atoms with Crippen LogP contribution in [0, 0.1) is 0 Å². The number of methoxy groups -OCH3 is 1. The molecule has 0 unspecified atom stereocenters. The standard InChI is InChI=1S/C14H15N3O2/c1-19-11-5-3-10(4-6-11)17-14(18)12-7-2-9(15)8-13(12)16/h2-8H,15-16H2,1H3,(H,17,18). The maximum absolute atomic E-state index is 12.0. The number of nitrogen functional groups attached to an aromatic ring is 2. The van der Waals surface area contributed by atoms with Gasteiger partial charge >= 0.3 is 0 Å². The summed E-state index contributed by atoms with van der Waals surface area (Å²) in [5.41, 5.74) is 13.3. The quantitative estimate of drug-likeness (QED) is 0.734. The van der Waals surface area contributed by atoms with Crippen molar-refractivity contribution >= 4 is 23.0 Å². The molecule has 0 bridgehead atoms. The molecular weight excluding hydrogens is 242 g/mol. The van der Waals surface area contributed by atoms with E-state index < -0.39 is 0 Å². The number of ether oxygens (including phenoxy) is 1. The van der Waals surface area contributed by atoms with Gasteiger partial charge in [0, 0.05) is 17.1 Å². The zero-order valence-corrected chi connectivity index (χ0v) is 10.5. The van der Waals surface area contributed by atoms with Crippen LogP contribution >= 0.6 is 0 Å². The maximum Gasteiger partial charge on any atom is 0.257 e. The molecule has 5 nitrogen and oxygen atoms in total. The molecule has 0 heterocycles. The number of amides is 1. The van der Waals surface area contributed by atoms with Gasteiger partial charge in [0.25, 0.3) is 5.91 Å². The van der Waals surface area contributed by atoms with Crippen LogP contribution in [0.1, 0.15) is 10.4 Å². The number of anilines is 3. The van der Waals surface area contributed by atoms with E-state index >= 15 is 0 Å². The van der Waals surface area contributed by atoms with Gasteiger partial charge < -0.3 is 21.5 Å². The third kappa shape index (κ3) is 2.95. The Balaban J connectivity index is 2.15. The van der Waals surface area contributed by atoms with E-state index in [-0.39, 0.29) is 5.91 Å². The second kappa shape index (κ2) is 5.30. The Morgan fingerprint density at radius 3 is 2.37 bits per heavy atom. The van der Waals surface area contributed by atoms with E-state index in [4.69, 9.17) is 16.2 Å². The van der Waals surface area contributed by atoms with Crippen molar-refractivity contribution in [3.8, 4) is 5.75 Å². The summed E-state index contributed by atoms with van der Waals surface area (Å²) >= 11 is 0.